The molecule has 0 aliphatic carbocycles. The fourth-order valence-electron chi connectivity index (χ4n) is 2.65. The van der Waals surface area contributed by atoms with Gasteiger partial charge in [-0.3, -0.25) is 9.36 Å². The van der Waals surface area contributed by atoms with Gasteiger partial charge in [0, 0.05) is 31.5 Å². The van der Waals surface area contributed by atoms with E-state index in [9.17, 15) is 8.42 Å². The second-order valence-electron chi connectivity index (χ2n) is 5.93. The molecule has 0 amide bonds. The van der Waals surface area contributed by atoms with Crippen LogP contribution in [0.3, 0.4) is 0 Å². The zero-order valence-electron chi connectivity index (χ0n) is 14.4. The molecular weight excluding hydrogens is 314 g/mol. The molecule has 0 aliphatic rings. The van der Waals surface area contributed by atoms with Crippen LogP contribution in [0.15, 0.2) is 17.2 Å². The molecule has 0 saturated carbocycles. The molecule has 1 N–H and O–H groups in total. The van der Waals surface area contributed by atoms with Gasteiger partial charge in [0.2, 0.25) is 10.0 Å². The number of hydrogen-bond donors (Lipinski definition) is 1. The third-order valence-electron chi connectivity index (χ3n) is 3.92. The van der Waals surface area contributed by atoms with Gasteiger partial charge in [-0.25, -0.2) is 13.1 Å². The van der Waals surface area contributed by atoms with E-state index >= 15 is 0 Å². The van der Waals surface area contributed by atoms with E-state index in [2.05, 4.69) is 14.9 Å². The molecular formula is C15H25N5O2S. The Hall–Kier alpha value is -1.67. The Morgan fingerprint density at radius 3 is 2.48 bits per heavy atom. The van der Waals surface area contributed by atoms with Crippen molar-refractivity contribution in [2.45, 2.75) is 52.6 Å². The van der Waals surface area contributed by atoms with Crippen LogP contribution in [0.1, 0.15) is 30.9 Å². The molecule has 0 aliphatic heterocycles. The lowest BCUT2D eigenvalue weighted by Crippen LogP contribution is -2.31. The number of nitrogens with one attached hydrogen (secondary N) is 1. The summed E-state index contributed by atoms with van der Waals surface area (Å²) in [6.07, 6.45) is 1.75. The third kappa shape index (κ3) is 3.81. The normalized spacial score (nSPS) is 13.4. The van der Waals surface area contributed by atoms with E-state index in [0.717, 1.165) is 5.69 Å². The van der Waals surface area contributed by atoms with Crippen LogP contribution in [0.25, 0.3) is 0 Å². The zero-order valence-corrected chi connectivity index (χ0v) is 15.2. The molecule has 2 aromatic rings. The molecule has 2 aromatic heterocycles. The largest absolute Gasteiger partial charge is 0.270 e. The minimum atomic E-state index is -3.56. The predicted molar refractivity (Wildman–Crippen MR) is 88.7 cm³/mol. The summed E-state index contributed by atoms with van der Waals surface area (Å²) in [6.45, 7) is 11.1. The number of sulfonamides is 1. The molecule has 0 radical (unpaired) electrons. The smallest absolute Gasteiger partial charge is 0.244 e. The summed E-state index contributed by atoms with van der Waals surface area (Å²) in [4.78, 5) is 0.293. The lowest BCUT2D eigenvalue weighted by Gasteiger charge is -2.14. The lowest BCUT2D eigenvalue weighted by atomic mass is 10.2. The Balaban J connectivity index is 2.07. The van der Waals surface area contributed by atoms with Crippen molar-refractivity contribution in [3.63, 3.8) is 0 Å². The Bertz CT molecular complexity index is 776. The van der Waals surface area contributed by atoms with E-state index in [1.54, 1.807) is 24.7 Å². The second kappa shape index (κ2) is 6.84. The highest BCUT2D eigenvalue weighted by Crippen LogP contribution is 2.19. The molecule has 8 heteroatoms. The molecule has 0 unspecified atom stereocenters. The van der Waals surface area contributed by atoms with E-state index in [1.165, 1.54) is 0 Å². The molecule has 0 bridgehead atoms. The molecule has 0 aromatic carbocycles. The molecule has 7 nitrogen and oxygen atoms in total. The van der Waals surface area contributed by atoms with Crippen LogP contribution in [-0.4, -0.2) is 34.5 Å². The first-order valence-electron chi connectivity index (χ1n) is 7.78. The highest BCUT2D eigenvalue weighted by molar-refractivity contribution is 7.89. The fourth-order valence-corrected chi connectivity index (χ4v) is 4.22. The number of rotatable bonds is 7. The van der Waals surface area contributed by atoms with Crippen molar-refractivity contribution in [1.29, 1.82) is 0 Å². The highest BCUT2D eigenvalue weighted by Gasteiger charge is 2.24. The Labute approximate surface area is 137 Å². The van der Waals surface area contributed by atoms with Crippen molar-refractivity contribution in [3.8, 4) is 0 Å². The summed E-state index contributed by atoms with van der Waals surface area (Å²) in [6, 6.07) is 1.93. The maximum absolute atomic E-state index is 12.6. The van der Waals surface area contributed by atoms with Gasteiger partial charge >= 0.3 is 0 Å². The van der Waals surface area contributed by atoms with E-state index in [1.807, 2.05) is 31.5 Å². The number of aryl methyl sites for hydroxylation is 3. The Morgan fingerprint density at radius 1 is 1.26 bits per heavy atom. The standard InChI is InChI=1S/C15H25N5O2S/c1-6-19-14(5)15(13(4)18-19)23(21,22)17-9-11(2)10-20-12(3)7-8-16-20/h7-8,11,17H,6,9-10H2,1-5H3/t11-/m0/s1. The van der Waals surface area contributed by atoms with Gasteiger partial charge in [0.25, 0.3) is 0 Å². The van der Waals surface area contributed by atoms with Crippen molar-refractivity contribution < 1.29 is 8.42 Å². The molecule has 2 heterocycles. The van der Waals surface area contributed by atoms with E-state index in [4.69, 9.17) is 0 Å². The summed E-state index contributed by atoms with van der Waals surface area (Å²) in [5.74, 6) is 0.130. The summed E-state index contributed by atoms with van der Waals surface area (Å²) in [5, 5.41) is 8.50. The van der Waals surface area contributed by atoms with Gasteiger partial charge in [-0.1, -0.05) is 6.92 Å². The average Bonchev–Trinajstić information content (AvgIpc) is 3.00. The first-order chi connectivity index (χ1) is 10.8. The summed E-state index contributed by atoms with van der Waals surface area (Å²) in [5.41, 5.74) is 2.27. The van der Waals surface area contributed by atoms with Crippen LogP contribution in [-0.2, 0) is 23.1 Å². The van der Waals surface area contributed by atoms with Gasteiger partial charge in [-0.05, 0) is 39.7 Å². The van der Waals surface area contributed by atoms with Crippen LogP contribution in [0.5, 0.6) is 0 Å². The monoisotopic (exact) mass is 339 g/mol. The first kappa shape index (κ1) is 17.7. The van der Waals surface area contributed by atoms with Crippen molar-refractivity contribution in [1.82, 2.24) is 24.3 Å². The topological polar surface area (TPSA) is 81.8 Å². The molecule has 1 atom stereocenters. The lowest BCUT2D eigenvalue weighted by molar-refractivity contribution is 0.437. The molecule has 0 spiro atoms. The van der Waals surface area contributed by atoms with Gasteiger partial charge in [-0.2, -0.15) is 10.2 Å². The number of nitrogens with zero attached hydrogens (tertiary/aromatic N) is 4. The molecule has 0 fully saturated rings. The van der Waals surface area contributed by atoms with Crippen LogP contribution >= 0.6 is 0 Å². The van der Waals surface area contributed by atoms with Gasteiger partial charge in [0.15, 0.2) is 0 Å². The number of aromatic nitrogens is 4. The van der Waals surface area contributed by atoms with Crippen LogP contribution in [0.2, 0.25) is 0 Å². The number of hydrogen-bond acceptors (Lipinski definition) is 4. The minimum Gasteiger partial charge on any atom is -0.270 e. The van der Waals surface area contributed by atoms with Crippen molar-refractivity contribution in [3.05, 3.63) is 29.3 Å². The highest BCUT2D eigenvalue weighted by atomic mass is 32.2. The quantitative estimate of drug-likeness (QED) is 0.831. The SMILES string of the molecule is CCn1nc(C)c(S(=O)(=O)NC[C@H](C)Cn2nccc2C)c1C. The fraction of sp³-hybridized carbons (Fsp3) is 0.600. The van der Waals surface area contributed by atoms with Crippen molar-refractivity contribution in [2.75, 3.05) is 6.54 Å². The van der Waals surface area contributed by atoms with Crippen molar-refractivity contribution in [2.24, 2.45) is 5.92 Å². The minimum absolute atomic E-state index is 0.130. The summed E-state index contributed by atoms with van der Waals surface area (Å²) < 4.78 is 31.5. The molecule has 2 rings (SSSR count). The van der Waals surface area contributed by atoms with E-state index in [-0.39, 0.29) is 5.92 Å². The zero-order chi connectivity index (χ0) is 17.2. The van der Waals surface area contributed by atoms with Gasteiger partial charge in [0.1, 0.15) is 4.90 Å². The first-order valence-corrected chi connectivity index (χ1v) is 9.26. The maximum atomic E-state index is 12.6. The predicted octanol–water partition coefficient (Wildman–Crippen LogP) is 1.64. The van der Waals surface area contributed by atoms with Crippen molar-refractivity contribution >= 4 is 10.0 Å². The van der Waals surface area contributed by atoms with E-state index < -0.39 is 10.0 Å². The van der Waals surface area contributed by atoms with Crippen LogP contribution in [0, 0.1) is 26.7 Å². The molecule has 0 saturated heterocycles. The molecule has 23 heavy (non-hydrogen) atoms. The van der Waals surface area contributed by atoms with Gasteiger partial charge < -0.3 is 0 Å². The summed E-state index contributed by atoms with van der Waals surface area (Å²) >= 11 is 0. The van der Waals surface area contributed by atoms with Crippen LogP contribution < -0.4 is 4.72 Å². The average molecular weight is 339 g/mol. The Morgan fingerprint density at radius 2 is 1.96 bits per heavy atom. The van der Waals surface area contributed by atoms with Gasteiger partial charge in [0.05, 0.1) is 11.4 Å². The van der Waals surface area contributed by atoms with E-state index in [0.29, 0.717) is 35.9 Å². The second-order valence-corrected chi connectivity index (χ2v) is 7.63. The summed E-state index contributed by atoms with van der Waals surface area (Å²) in [7, 11) is -3.56. The molecule has 128 valence electrons. The maximum Gasteiger partial charge on any atom is 0.244 e. The third-order valence-corrected chi connectivity index (χ3v) is 5.59. The Kier molecular flexibility index (Phi) is 5.26. The van der Waals surface area contributed by atoms with Crippen LogP contribution in [0.4, 0.5) is 0 Å². The van der Waals surface area contributed by atoms with Gasteiger partial charge in [-0.15, -0.1) is 0 Å².